The van der Waals surface area contributed by atoms with Crippen molar-refractivity contribution in [2.45, 2.75) is 85.7 Å². The molecule has 3 atom stereocenters. The maximum Gasteiger partial charge on any atom is 0.417 e. The Hall–Kier alpha value is -5.64. The molecule has 0 aliphatic carbocycles. The van der Waals surface area contributed by atoms with Crippen LogP contribution < -0.4 is 27.4 Å². The van der Waals surface area contributed by atoms with E-state index in [2.05, 4.69) is 20.9 Å². The molecule has 0 saturated heterocycles. The first kappa shape index (κ1) is 43.0. The first-order valence-corrected chi connectivity index (χ1v) is 20.3. The fourth-order valence-corrected chi connectivity index (χ4v) is 8.50. The second-order valence-electron chi connectivity index (χ2n) is 14.6. The van der Waals surface area contributed by atoms with Gasteiger partial charge in [0.25, 0.3) is 0 Å². The van der Waals surface area contributed by atoms with Gasteiger partial charge in [0.2, 0.25) is 23.6 Å². The number of hydrogen-bond donors (Lipinski definition) is 6. The number of H-pyrrole nitrogens is 1. The molecular formula is C44H48F3N7O4S. The Morgan fingerprint density at radius 2 is 1.56 bits per heavy atom. The number of fused-ring (bicyclic) bond motifs is 3. The lowest BCUT2D eigenvalue weighted by molar-refractivity contribution is -0.142. The normalized spacial score (nSPS) is 18.4. The molecule has 4 aromatic carbocycles. The van der Waals surface area contributed by atoms with E-state index in [-0.39, 0.29) is 55.8 Å². The molecule has 0 bridgehead atoms. The fourth-order valence-electron chi connectivity index (χ4n) is 7.31. The highest BCUT2D eigenvalue weighted by molar-refractivity contribution is 7.99. The summed E-state index contributed by atoms with van der Waals surface area (Å²) in [6, 6.07) is 22.8. The number of nitrogens with zero attached hydrogens (tertiary/aromatic N) is 1. The molecule has 15 heteroatoms. The fraction of sp³-hybridized carbons (Fsp3) is 0.318. The van der Waals surface area contributed by atoms with Crippen molar-refractivity contribution in [3.8, 4) is 11.1 Å². The van der Waals surface area contributed by atoms with Crippen molar-refractivity contribution in [2.75, 3.05) is 13.6 Å². The van der Waals surface area contributed by atoms with Crippen LogP contribution in [0.4, 0.5) is 13.2 Å². The highest BCUT2D eigenvalue weighted by Crippen LogP contribution is 2.44. The van der Waals surface area contributed by atoms with Crippen LogP contribution in [0.25, 0.3) is 22.0 Å². The van der Waals surface area contributed by atoms with E-state index < -0.39 is 53.5 Å². The van der Waals surface area contributed by atoms with Crippen LogP contribution in [0.2, 0.25) is 0 Å². The lowest BCUT2D eigenvalue weighted by Gasteiger charge is -2.32. The summed E-state index contributed by atoms with van der Waals surface area (Å²) in [4.78, 5) is 59.8. The van der Waals surface area contributed by atoms with Crippen LogP contribution in [-0.4, -0.2) is 65.2 Å². The number of carbonyl (C=O) groups excluding carboxylic acids is 4. The molecule has 0 unspecified atom stereocenters. The van der Waals surface area contributed by atoms with E-state index >= 15 is 13.2 Å². The van der Waals surface area contributed by atoms with Gasteiger partial charge in [-0.3, -0.25) is 19.2 Å². The molecule has 0 fully saturated rings. The van der Waals surface area contributed by atoms with E-state index in [1.165, 1.54) is 11.9 Å². The van der Waals surface area contributed by atoms with Crippen LogP contribution in [0.1, 0.15) is 54.4 Å². The van der Waals surface area contributed by atoms with Crippen LogP contribution >= 0.6 is 11.8 Å². The quantitative estimate of drug-likeness (QED) is 0.0995. The maximum atomic E-state index is 15.2. The lowest BCUT2D eigenvalue weighted by atomic mass is 9.98. The molecule has 11 nitrogen and oxygen atoms in total. The molecule has 4 amide bonds. The summed E-state index contributed by atoms with van der Waals surface area (Å²) >= 11 is 0.940. The highest BCUT2D eigenvalue weighted by Gasteiger charge is 2.37. The summed E-state index contributed by atoms with van der Waals surface area (Å²) in [5.41, 5.74) is 13.7. The summed E-state index contributed by atoms with van der Waals surface area (Å²) in [6.07, 6.45) is -2.01. The Bertz CT molecular complexity index is 2280. The Labute approximate surface area is 344 Å². The molecule has 2 heterocycles. The van der Waals surface area contributed by atoms with Gasteiger partial charge < -0.3 is 37.3 Å². The number of halogens is 3. The number of benzene rings is 4. The van der Waals surface area contributed by atoms with Crippen LogP contribution in [0, 0.1) is 0 Å². The topological polar surface area (TPSA) is 175 Å². The molecule has 5 aromatic rings. The van der Waals surface area contributed by atoms with Crippen molar-refractivity contribution in [2.24, 2.45) is 11.5 Å². The number of aromatic nitrogens is 1. The van der Waals surface area contributed by atoms with E-state index in [0.717, 1.165) is 34.3 Å². The molecule has 0 radical (unpaired) electrons. The van der Waals surface area contributed by atoms with E-state index in [1.807, 2.05) is 24.3 Å². The zero-order valence-electron chi connectivity index (χ0n) is 32.6. The lowest BCUT2D eigenvalue weighted by Crippen LogP contribution is -2.57. The number of aromatic amines is 1. The number of likely N-dealkylation sites (N-methyl/N-ethyl adjacent to an activating group) is 1. The van der Waals surface area contributed by atoms with Crippen LogP contribution in [0.15, 0.2) is 107 Å². The highest BCUT2D eigenvalue weighted by atomic mass is 32.2. The number of carbonyl (C=O) groups is 4. The number of hydrogen-bond acceptors (Lipinski definition) is 7. The van der Waals surface area contributed by atoms with Crippen LogP contribution in [-0.2, 0) is 44.9 Å². The molecule has 0 saturated carbocycles. The molecule has 0 spiro atoms. The first-order chi connectivity index (χ1) is 28.3. The van der Waals surface area contributed by atoms with Gasteiger partial charge in [0.1, 0.15) is 12.1 Å². The minimum atomic E-state index is -4.77. The molecule has 1 aliphatic heterocycles. The van der Waals surface area contributed by atoms with E-state index in [9.17, 15) is 19.2 Å². The molecule has 1 aliphatic rings. The second kappa shape index (κ2) is 19.4. The van der Waals surface area contributed by atoms with Gasteiger partial charge >= 0.3 is 6.18 Å². The zero-order valence-corrected chi connectivity index (χ0v) is 33.4. The number of alkyl halides is 3. The number of rotatable bonds is 10. The largest absolute Gasteiger partial charge is 0.417 e. The van der Waals surface area contributed by atoms with E-state index in [1.54, 1.807) is 66.9 Å². The predicted octanol–water partition coefficient (Wildman–Crippen LogP) is 6.04. The van der Waals surface area contributed by atoms with E-state index in [4.69, 9.17) is 11.5 Å². The van der Waals surface area contributed by atoms with Crippen LogP contribution in [0.3, 0.4) is 0 Å². The molecule has 8 N–H and O–H groups in total. The van der Waals surface area contributed by atoms with Gasteiger partial charge in [0, 0.05) is 59.9 Å². The summed E-state index contributed by atoms with van der Waals surface area (Å²) in [5, 5.41) is 9.86. The van der Waals surface area contributed by atoms with Gasteiger partial charge in [0.15, 0.2) is 0 Å². The van der Waals surface area contributed by atoms with Crippen molar-refractivity contribution in [1.82, 2.24) is 25.8 Å². The summed E-state index contributed by atoms with van der Waals surface area (Å²) in [6.45, 7) is 0.0974. The minimum Gasteiger partial charge on any atom is -0.370 e. The number of primary amides is 1. The summed E-state index contributed by atoms with van der Waals surface area (Å²) in [7, 11) is 1.46. The third kappa shape index (κ3) is 10.7. The molecule has 310 valence electrons. The van der Waals surface area contributed by atoms with Gasteiger partial charge in [0.05, 0.1) is 11.6 Å². The predicted molar refractivity (Wildman–Crippen MR) is 222 cm³/mol. The smallest absolute Gasteiger partial charge is 0.370 e. The number of nitrogens with two attached hydrogens (primary N) is 2. The third-order valence-electron chi connectivity index (χ3n) is 10.5. The average molecular weight is 828 g/mol. The third-order valence-corrected chi connectivity index (χ3v) is 11.8. The molecule has 59 heavy (non-hydrogen) atoms. The zero-order chi connectivity index (χ0) is 42.1. The van der Waals surface area contributed by atoms with Gasteiger partial charge in [-0.05, 0) is 84.3 Å². The molecular weight excluding hydrogens is 780 g/mol. The number of nitrogens with one attached hydrogen (secondary N) is 4. The van der Waals surface area contributed by atoms with Crippen molar-refractivity contribution >= 4 is 46.3 Å². The van der Waals surface area contributed by atoms with Crippen LogP contribution in [0.5, 0.6) is 0 Å². The monoisotopic (exact) mass is 827 g/mol. The van der Waals surface area contributed by atoms with Gasteiger partial charge in [-0.25, -0.2) is 0 Å². The number of para-hydroxylation sites is 1. The average Bonchev–Trinajstić information content (AvgIpc) is 3.63. The maximum absolute atomic E-state index is 15.2. The SMILES string of the molecule is CN1C(=O)[C@H](CCCC(N)=O)NC(=O)[C@H](CCCN)NCc2ccccc2Sc2c(cc(-c3ccccc3)cc2C(F)(F)F)CNC(=O)[C@@H]1Cc1c[nH]c2ccccc12. The van der Waals surface area contributed by atoms with Crippen molar-refractivity contribution < 1.29 is 32.3 Å². The molecule has 6 rings (SSSR count). The Balaban J connectivity index is 1.49. The molecule has 1 aromatic heterocycles. The second-order valence-corrected chi connectivity index (χ2v) is 15.7. The van der Waals surface area contributed by atoms with Crippen molar-refractivity contribution in [3.05, 3.63) is 119 Å². The van der Waals surface area contributed by atoms with E-state index in [0.29, 0.717) is 34.4 Å². The van der Waals surface area contributed by atoms with Gasteiger partial charge in [-0.2, -0.15) is 13.2 Å². The summed E-state index contributed by atoms with van der Waals surface area (Å²) < 4.78 is 45.6. The minimum absolute atomic E-state index is 0.0315. The summed E-state index contributed by atoms with van der Waals surface area (Å²) in [5.74, 6) is -2.28. The Morgan fingerprint density at radius 1 is 0.847 bits per heavy atom. The van der Waals surface area contributed by atoms with Crippen molar-refractivity contribution in [1.29, 1.82) is 0 Å². The van der Waals surface area contributed by atoms with Gasteiger partial charge in [-0.1, -0.05) is 78.5 Å². The van der Waals surface area contributed by atoms with Gasteiger partial charge in [-0.15, -0.1) is 0 Å². The standard InChI is InChI=1S/C44H48F3N7O4S/c1-54-37(23-30-25-50-34-15-7-6-14-32(30)34)42(57)52-26-31-21-29(27-11-3-2-4-12-27)22-33(44(45,46)47)40(31)59-38-18-8-5-13-28(38)24-51-35(17-10-20-48)41(56)53-36(43(54)58)16-9-19-39(49)55/h2-8,11-15,18,21-22,25,35-37,50-51H,9-10,16-17,19-20,23-24,26,48H2,1H3,(H2,49,55)(H,52,57)(H,53,56)/t35-,36-,37-/m0/s1. The Kier molecular flexibility index (Phi) is 14.1. The number of amides is 4. The Morgan fingerprint density at radius 3 is 2.31 bits per heavy atom. The van der Waals surface area contributed by atoms with Crippen molar-refractivity contribution in [3.63, 3.8) is 0 Å². The first-order valence-electron chi connectivity index (χ1n) is 19.5.